The van der Waals surface area contributed by atoms with E-state index in [9.17, 15) is 14.4 Å². The second kappa shape index (κ2) is 11.5. The van der Waals surface area contributed by atoms with Gasteiger partial charge < -0.3 is 20.1 Å². The van der Waals surface area contributed by atoms with Crippen LogP contribution in [0.15, 0.2) is 59.5 Å². The normalized spacial score (nSPS) is 10.4. The SMILES string of the molecule is CCOC(=O)c1sc(-c2ccc(OC)cc2)cc1NC(=O)CSc1ccc(NC(C)=O)cc1. The van der Waals surface area contributed by atoms with E-state index in [0.29, 0.717) is 16.3 Å². The van der Waals surface area contributed by atoms with Crippen LogP contribution in [0.3, 0.4) is 0 Å². The number of hydrogen-bond acceptors (Lipinski definition) is 7. The maximum Gasteiger partial charge on any atom is 0.350 e. The molecule has 0 fully saturated rings. The van der Waals surface area contributed by atoms with Gasteiger partial charge in [-0.1, -0.05) is 0 Å². The maximum atomic E-state index is 12.6. The van der Waals surface area contributed by atoms with Gasteiger partial charge >= 0.3 is 5.97 Å². The summed E-state index contributed by atoms with van der Waals surface area (Å²) in [7, 11) is 1.60. The van der Waals surface area contributed by atoms with E-state index < -0.39 is 5.97 Å². The third-order valence-corrected chi connectivity index (χ3v) is 6.56. The predicted octanol–water partition coefficient (Wildman–Crippen LogP) is 5.29. The second-order valence-electron chi connectivity index (χ2n) is 6.84. The number of ether oxygens (including phenoxy) is 2. The van der Waals surface area contributed by atoms with Gasteiger partial charge in [-0.3, -0.25) is 9.59 Å². The number of nitrogens with one attached hydrogen (secondary N) is 2. The van der Waals surface area contributed by atoms with Crippen LogP contribution < -0.4 is 15.4 Å². The smallest absolute Gasteiger partial charge is 0.350 e. The van der Waals surface area contributed by atoms with Crippen LogP contribution in [0.25, 0.3) is 10.4 Å². The summed E-state index contributed by atoms with van der Waals surface area (Å²) < 4.78 is 10.4. The number of rotatable bonds is 9. The highest BCUT2D eigenvalue weighted by Crippen LogP contribution is 2.36. The van der Waals surface area contributed by atoms with Gasteiger partial charge in [0.2, 0.25) is 11.8 Å². The molecule has 0 aliphatic carbocycles. The van der Waals surface area contributed by atoms with Crippen LogP contribution in [0.2, 0.25) is 0 Å². The molecule has 0 unspecified atom stereocenters. The highest BCUT2D eigenvalue weighted by atomic mass is 32.2. The number of thiophene rings is 1. The number of esters is 1. The summed E-state index contributed by atoms with van der Waals surface area (Å²) in [5.74, 6) is 0.0398. The highest BCUT2D eigenvalue weighted by molar-refractivity contribution is 8.00. The second-order valence-corrected chi connectivity index (χ2v) is 8.95. The molecule has 0 spiro atoms. The Morgan fingerprint density at radius 3 is 2.30 bits per heavy atom. The Kier molecular flexibility index (Phi) is 8.51. The molecule has 0 saturated heterocycles. The molecule has 0 saturated carbocycles. The first kappa shape index (κ1) is 24.3. The van der Waals surface area contributed by atoms with Crippen LogP contribution in [-0.4, -0.2) is 37.3 Å². The molecule has 7 nitrogen and oxygen atoms in total. The molecule has 172 valence electrons. The Morgan fingerprint density at radius 1 is 1.00 bits per heavy atom. The standard InChI is InChI=1S/C24H24N2O5S2/c1-4-31-24(29)23-20(13-21(33-23)16-5-9-18(30-3)10-6-16)26-22(28)14-32-19-11-7-17(8-12-19)25-15(2)27/h5-13H,4,14H2,1-3H3,(H,25,27)(H,26,28). The first-order valence-corrected chi connectivity index (χ1v) is 12.0. The van der Waals surface area contributed by atoms with Crippen LogP contribution in [0, 0.1) is 0 Å². The molecular formula is C24H24N2O5S2. The molecule has 2 N–H and O–H groups in total. The lowest BCUT2D eigenvalue weighted by Crippen LogP contribution is -2.16. The average Bonchev–Trinajstić information content (AvgIpc) is 3.22. The molecule has 3 aromatic rings. The number of carbonyl (C=O) groups excluding carboxylic acids is 3. The summed E-state index contributed by atoms with van der Waals surface area (Å²) in [6.07, 6.45) is 0. The summed E-state index contributed by atoms with van der Waals surface area (Å²) in [6.45, 7) is 3.43. The Labute approximate surface area is 200 Å². The minimum atomic E-state index is -0.473. The lowest BCUT2D eigenvalue weighted by Gasteiger charge is -2.07. The number of carbonyl (C=O) groups is 3. The predicted molar refractivity (Wildman–Crippen MR) is 132 cm³/mol. The van der Waals surface area contributed by atoms with Gasteiger partial charge in [0.25, 0.3) is 0 Å². The van der Waals surface area contributed by atoms with Crippen molar-refractivity contribution in [1.29, 1.82) is 0 Å². The van der Waals surface area contributed by atoms with Crippen LogP contribution in [0.5, 0.6) is 5.75 Å². The van der Waals surface area contributed by atoms with Gasteiger partial charge in [-0.25, -0.2) is 4.79 Å². The molecular weight excluding hydrogens is 460 g/mol. The van der Waals surface area contributed by atoms with Crippen molar-refractivity contribution >= 4 is 52.3 Å². The number of benzene rings is 2. The Bertz CT molecular complexity index is 1120. The summed E-state index contributed by atoms with van der Waals surface area (Å²) in [5.41, 5.74) is 2.02. The summed E-state index contributed by atoms with van der Waals surface area (Å²) in [6, 6.07) is 16.5. The zero-order valence-corrected chi connectivity index (χ0v) is 20.1. The minimum Gasteiger partial charge on any atom is -0.497 e. The van der Waals surface area contributed by atoms with Crippen molar-refractivity contribution in [3.8, 4) is 16.2 Å². The number of thioether (sulfide) groups is 1. The lowest BCUT2D eigenvalue weighted by atomic mass is 10.2. The fourth-order valence-electron chi connectivity index (χ4n) is 2.90. The Morgan fingerprint density at radius 2 is 1.70 bits per heavy atom. The lowest BCUT2D eigenvalue weighted by molar-refractivity contribution is -0.114. The summed E-state index contributed by atoms with van der Waals surface area (Å²) in [4.78, 5) is 38.2. The van der Waals surface area contributed by atoms with Crippen molar-refractivity contribution in [3.05, 3.63) is 59.5 Å². The van der Waals surface area contributed by atoms with Crippen molar-refractivity contribution in [3.63, 3.8) is 0 Å². The van der Waals surface area contributed by atoms with E-state index in [2.05, 4.69) is 10.6 Å². The van der Waals surface area contributed by atoms with Gasteiger partial charge in [0.15, 0.2) is 0 Å². The maximum absolute atomic E-state index is 12.6. The van der Waals surface area contributed by atoms with Crippen molar-refractivity contribution in [2.24, 2.45) is 0 Å². The monoisotopic (exact) mass is 484 g/mol. The van der Waals surface area contributed by atoms with Gasteiger partial charge in [-0.15, -0.1) is 23.1 Å². The first-order valence-electron chi connectivity index (χ1n) is 10.1. The molecule has 0 radical (unpaired) electrons. The molecule has 0 aliphatic heterocycles. The van der Waals surface area contributed by atoms with Crippen molar-refractivity contribution in [2.45, 2.75) is 18.7 Å². The quantitative estimate of drug-likeness (QED) is 0.317. The summed E-state index contributed by atoms with van der Waals surface area (Å²) >= 11 is 2.62. The van der Waals surface area contributed by atoms with Gasteiger partial charge in [-0.2, -0.15) is 0 Å². The average molecular weight is 485 g/mol. The van der Waals surface area contributed by atoms with Crippen molar-refractivity contribution in [1.82, 2.24) is 0 Å². The molecule has 2 amide bonds. The number of hydrogen-bond donors (Lipinski definition) is 2. The first-order chi connectivity index (χ1) is 15.9. The van der Waals surface area contributed by atoms with E-state index in [1.807, 2.05) is 36.4 Å². The molecule has 3 rings (SSSR count). The number of amides is 2. The molecule has 0 bridgehead atoms. The third kappa shape index (κ3) is 6.84. The molecule has 0 atom stereocenters. The van der Waals surface area contributed by atoms with Gasteiger partial charge in [-0.05, 0) is 67.1 Å². The number of methoxy groups -OCH3 is 1. The third-order valence-electron chi connectivity index (χ3n) is 4.39. The molecule has 1 aromatic heterocycles. The molecule has 0 aliphatic rings. The van der Waals surface area contributed by atoms with E-state index in [-0.39, 0.29) is 24.2 Å². The van der Waals surface area contributed by atoms with E-state index in [1.165, 1.54) is 30.0 Å². The zero-order chi connectivity index (χ0) is 23.8. The van der Waals surface area contributed by atoms with Crippen LogP contribution in [-0.2, 0) is 14.3 Å². The van der Waals surface area contributed by atoms with Gasteiger partial charge in [0.05, 0.1) is 25.2 Å². The topological polar surface area (TPSA) is 93.7 Å². The fourth-order valence-corrected chi connectivity index (χ4v) is 4.61. The van der Waals surface area contributed by atoms with E-state index >= 15 is 0 Å². The van der Waals surface area contributed by atoms with Crippen LogP contribution >= 0.6 is 23.1 Å². The van der Waals surface area contributed by atoms with Crippen molar-refractivity contribution < 1.29 is 23.9 Å². The molecule has 9 heteroatoms. The van der Waals surface area contributed by atoms with Gasteiger partial charge in [0, 0.05) is 22.4 Å². The molecule has 33 heavy (non-hydrogen) atoms. The van der Waals surface area contributed by atoms with Crippen LogP contribution in [0.1, 0.15) is 23.5 Å². The summed E-state index contributed by atoms with van der Waals surface area (Å²) in [5, 5.41) is 5.54. The Hall–Kier alpha value is -3.30. The Balaban J connectivity index is 1.71. The van der Waals surface area contributed by atoms with E-state index in [0.717, 1.165) is 21.1 Å². The van der Waals surface area contributed by atoms with Crippen LogP contribution in [0.4, 0.5) is 11.4 Å². The number of anilines is 2. The van der Waals surface area contributed by atoms with Gasteiger partial charge in [0.1, 0.15) is 10.6 Å². The fraction of sp³-hybridized carbons (Fsp3) is 0.208. The molecule has 1 heterocycles. The largest absolute Gasteiger partial charge is 0.497 e. The molecule has 2 aromatic carbocycles. The highest BCUT2D eigenvalue weighted by Gasteiger charge is 2.20. The van der Waals surface area contributed by atoms with E-state index in [4.69, 9.17) is 9.47 Å². The van der Waals surface area contributed by atoms with E-state index in [1.54, 1.807) is 32.2 Å². The van der Waals surface area contributed by atoms with Crippen molar-refractivity contribution in [2.75, 3.05) is 30.1 Å². The minimum absolute atomic E-state index is 0.142. The zero-order valence-electron chi connectivity index (χ0n) is 18.5.